The number of aromatic nitrogens is 2. The molecule has 4 nitrogen and oxygen atoms in total. The summed E-state index contributed by atoms with van der Waals surface area (Å²) in [5, 5.41) is 3.06. The number of H-pyrrole nitrogens is 1. The van der Waals surface area contributed by atoms with Gasteiger partial charge < -0.3 is 10.3 Å². The smallest absolute Gasteiger partial charge is 0.220 e. The molecule has 1 unspecified atom stereocenters. The standard InChI is InChI=1S/C19H21N3O/c1-13-3-7-16(8-4-13)14(2)22-19(23)10-6-15-5-9-17-18(11-15)21-12-20-17/h3-5,7-9,11-12,14H,6,10H2,1-2H3,(H,20,21)(H,22,23). The minimum atomic E-state index is 0.0261. The highest BCUT2D eigenvalue weighted by Gasteiger charge is 2.09. The second kappa shape index (κ2) is 6.65. The van der Waals surface area contributed by atoms with E-state index < -0.39 is 0 Å². The van der Waals surface area contributed by atoms with Gasteiger partial charge in [0.1, 0.15) is 0 Å². The molecule has 3 aromatic rings. The number of nitrogens with zero attached hydrogens (tertiary/aromatic N) is 1. The van der Waals surface area contributed by atoms with Crippen LogP contribution in [0.5, 0.6) is 0 Å². The molecule has 0 saturated heterocycles. The van der Waals surface area contributed by atoms with Crippen LogP contribution in [0.15, 0.2) is 48.8 Å². The Morgan fingerprint density at radius 1 is 1.22 bits per heavy atom. The fraction of sp³-hybridized carbons (Fsp3) is 0.263. The Kier molecular flexibility index (Phi) is 4.42. The zero-order valence-corrected chi connectivity index (χ0v) is 13.5. The number of rotatable bonds is 5. The van der Waals surface area contributed by atoms with Crippen LogP contribution in [0.25, 0.3) is 11.0 Å². The van der Waals surface area contributed by atoms with Gasteiger partial charge in [-0.2, -0.15) is 0 Å². The third-order valence-corrected chi connectivity index (χ3v) is 4.08. The summed E-state index contributed by atoms with van der Waals surface area (Å²) in [5.74, 6) is 0.0720. The molecule has 1 atom stereocenters. The topological polar surface area (TPSA) is 57.8 Å². The van der Waals surface area contributed by atoms with Gasteiger partial charge in [-0.05, 0) is 43.5 Å². The summed E-state index contributed by atoms with van der Waals surface area (Å²) in [4.78, 5) is 19.4. The highest BCUT2D eigenvalue weighted by Crippen LogP contribution is 2.15. The molecule has 0 aliphatic carbocycles. The van der Waals surface area contributed by atoms with E-state index >= 15 is 0 Å². The molecule has 0 aliphatic heterocycles. The van der Waals surface area contributed by atoms with Crippen LogP contribution in [0.2, 0.25) is 0 Å². The van der Waals surface area contributed by atoms with Gasteiger partial charge >= 0.3 is 0 Å². The molecule has 0 bridgehead atoms. The van der Waals surface area contributed by atoms with Crippen LogP contribution in [0.1, 0.15) is 36.1 Å². The molecule has 0 aliphatic rings. The van der Waals surface area contributed by atoms with Gasteiger partial charge in [0.25, 0.3) is 0 Å². The van der Waals surface area contributed by atoms with Crippen molar-refractivity contribution in [3.63, 3.8) is 0 Å². The summed E-state index contributed by atoms with van der Waals surface area (Å²) in [5.41, 5.74) is 5.45. The van der Waals surface area contributed by atoms with E-state index in [2.05, 4.69) is 52.5 Å². The first-order valence-corrected chi connectivity index (χ1v) is 7.90. The molecule has 4 heteroatoms. The maximum absolute atomic E-state index is 12.1. The summed E-state index contributed by atoms with van der Waals surface area (Å²) in [6.07, 6.45) is 2.89. The molecule has 2 aromatic carbocycles. The summed E-state index contributed by atoms with van der Waals surface area (Å²) in [7, 11) is 0. The van der Waals surface area contributed by atoms with E-state index in [9.17, 15) is 4.79 Å². The lowest BCUT2D eigenvalue weighted by atomic mass is 10.1. The number of imidazole rings is 1. The number of fused-ring (bicyclic) bond motifs is 1. The van der Waals surface area contributed by atoms with Crippen molar-refractivity contribution in [3.05, 3.63) is 65.5 Å². The first-order chi connectivity index (χ1) is 11.1. The van der Waals surface area contributed by atoms with Crippen molar-refractivity contribution in [2.75, 3.05) is 0 Å². The van der Waals surface area contributed by atoms with Crippen LogP contribution in [0.4, 0.5) is 0 Å². The summed E-state index contributed by atoms with van der Waals surface area (Å²) < 4.78 is 0. The Hall–Kier alpha value is -2.62. The van der Waals surface area contributed by atoms with Crippen LogP contribution < -0.4 is 5.32 Å². The van der Waals surface area contributed by atoms with Crippen molar-refractivity contribution in [2.24, 2.45) is 0 Å². The molecule has 1 amide bonds. The zero-order valence-electron chi connectivity index (χ0n) is 13.5. The molecule has 0 fully saturated rings. The van der Waals surface area contributed by atoms with Crippen molar-refractivity contribution in [1.82, 2.24) is 15.3 Å². The van der Waals surface area contributed by atoms with Gasteiger partial charge in [-0.25, -0.2) is 4.98 Å². The number of aromatic amines is 1. The Morgan fingerprint density at radius 3 is 2.78 bits per heavy atom. The normalized spacial score (nSPS) is 12.3. The largest absolute Gasteiger partial charge is 0.350 e. The Balaban J connectivity index is 1.55. The fourth-order valence-corrected chi connectivity index (χ4v) is 2.65. The van der Waals surface area contributed by atoms with E-state index in [1.165, 1.54) is 5.56 Å². The molecule has 0 saturated carbocycles. The molecule has 3 rings (SSSR count). The first kappa shape index (κ1) is 15.3. The molecule has 0 radical (unpaired) electrons. The molecule has 23 heavy (non-hydrogen) atoms. The Morgan fingerprint density at radius 2 is 2.00 bits per heavy atom. The monoisotopic (exact) mass is 307 g/mol. The molecule has 118 valence electrons. The number of carbonyl (C=O) groups is 1. The third-order valence-electron chi connectivity index (χ3n) is 4.08. The molecular weight excluding hydrogens is 286 g/mol. The number of hydrogen-bond donors (Lipinski definition) is 2. The Bertz CT molecular complexity index is 805. The van der Waals surface area contributed by atoms with Crippen LogP contribution in [-0.2, 0) is 11.2 Å². The van der Waals surface area contributed by atoms with Crippen molar-refractivity contribution < 1.29 is 4.79 Å². The molecule has 0 spiro atoms. The summed E-state index contributed by atoms with van der Waals surface area (Å²) in [6.45, 7) is 4.07. The predicted octanol–water partition coefficient (Wildman–Crippen LogP) is 3.68. The van der Waals surface area contributed by atoms with E-state index in [1.807, 2.05) is 19.1 Å². The minimum absolute atomic E-state index is 0.0261. The second-order valence-electron chi connectivity index (χ2n) is 5.95. The van der Waals surface area contributed by atoms with Crippen molar-refractivity contribution in [2.45, 2.75) is 32.7 Å². The van der Waals surface area contributed by atoms with Gasteiger partial charge in [-0.3, -0.25) is 4.79 Å². The van der Waals surface area contributed by atoms with E-state index in [4.69, 9.17) is 0 Å². The number of amides is 1. The lowest BCUT2D eigenvalue weighted by Gasteiger charge is -2.14. The predicted molar refractivity (Wildman–Crippen MR) is 92.2 cm³/mol. The number of benzene rings is 2. The first-order valence-electron chi connectivity index (χ1n) is 7.90. The summed E-state index contributed by atoms with van der Waals surface area (Å²) in [6, 6.07) is 14.3. The fourth-order valence-electron chi connectivity index (χ4n) is 2.65. The van der Waals surface area contributed by atoms with Crippen LogP contribution in [0, 0.1) is 6.92 Å². The second-order valence-corrected chi connectivity index (χ2v) is 5.95. The van der Waals surface area contributed by atoms with E-state index in [1.54, 1.807) is 6.33 Å². The number of hydrogen-bond acceptors (Lipinski definition) is 2. The van der Waals surface area contributed by atoms with E-state index in [0.29, 0.717) is 6.42 Å². The number of aryl methyl sites for hydroxylation is 2. The lowest BCUT2D eigenvalue weighted by Crippen LogP contribution is -2.26. The zero-order chi connectivity index (χ0) is 16.2. The van der Waals surface area contributed by atoms with E-state index in [-0.39, 0.29) is 11.9 Å². The lowest BCUT2D eigenvalue weighted by molar-refractivity contribution is -0.121. The van der Waals surface area contributed by atoms with Crippen LogP contribution in [0.3, 0.4) is 0 Å². The van der Waals surface area contributed by atoms with Crippen molar-refractivity contribution in [1.29, 1.82) is 0 Å². The van der Waals surface area contributed by atoms with Crippen molar-refractivity contribution in [3.8, 4) is 0 Å². The highest BCUT2D eigenvalue weighted by atomic mass is 16.1. The third kappa shape index (κ3) is 3.77. The van der Waals surface area contributed by atoms with Crippen molar-refractivity contribution >= 4 is 16.9 Å². The van der Waals surface area contributed by atoms with Gasteiger partial charge in [0.2, 0.25) is 5.91 Å². The Labute approximate surface area is 136 Å². The highest BCUT2D eigenvalue weighted by molar-refractivity contribution is 5.78. The van der Waals surface area contributed by atoms with Gasteiger partial charge in [0, 0.05) is 6.42 Å². The molecular formula is C19H21N3O. The quantitative estimate of drug-likeness (QED) is 0.755. The molecule has 2 N–H and O–H groups in total. The SMILES string of the molecule is Cc1ccc(C(C)NC(=O)CCc2ccc3nc[nH]c3c2)cc1. The maximum Gasteiger partial charge on any atom is 0.220 e. The van der Waals surface area contributed by atoms with Gasteiger partial charge in [0.15, 0.2) is 0 Å². The molecule has 1 heterocycles. The van der Waals surface area contributed by atoms with Gasteiger partial charge in [-0.15, -0.1) is 0 Å². The minimum Gasteiger partial charge on any atom is -0.350 e. The maximum atomic E-state index is 12.1. The average molecular weight is 307 g/mol. The van der Waals surface area contributed by atoms with Crippen LogP contribution >= 0.6 is 0 Å². The van der Waals surface area contributed by atoms with E-state index in [0.717, 1.165) is 28.6 Å². The number of carbonyl (C=O) groups excluding carboxylic acids is 1. The van der Waals surface area contributed by atoms with Crippen LogP contribution in [-0.4, -0.2) is 15.9 Å². The molecule has 1 aromatic heterocycles. The van der Waals surface area contributed by atoms with Gasteiger partial charge in [-0.1, -0.05) is 35.9 Å². The number of nitrogens with one attached hydrogen (secondary N) is 2. The average Bonchev–Trinajstić information content (AvgIpc) is 3.01. The van der Waals surface area contributed by atoms with Gasteiger partial charge in [0.05, 0.1) is 23.4 Å². The summed E-state index contributed by atoms with van der Waals surface area (Å²) >= 11 is 0.